The van der Waals surface area contributed by atoms with Crippen molar-refractivity contribution in [3.63, 3.8) is 0 Å². The van der Waals surface area contributed by atoms with Crippen LogP contribution < -0.4 is 4.74 Å². The van der Waals surface area contributed by atoms with Crippen molar-refractivity contribution < 1.29 is 19.4 Å². The van der Waals surface area contributed by atoms with Gasteiger partial charge in [0.15, 0.2) is 0 Å². The first-order chi connectivity index (χ1) is 11.2. The lowest BCUT2D eigenvalue weighted by Gasteiger charge is -2.35. The summed E-state index contributed by atoms with van der Waals surface area (Å²) in [5.41, 5.74) is 1.10. The van der Waals surface area contributed by atoms with E-state index in [1.165, 1.54) is 0 Å². The highest BCUT2D eigenvalue weighted by Gasteiger charge is 2.26. The van der Waals surface area contributed by atoms with Crippen molar-refractivity contribution >= 4 is 16.7 Å². The van der Waals surface area contributed by atoms with Crippen molar-refractivity contribution in [2.45, 2.75) is 19.0 Å². The van der Waals surface area contributed by atoms with Gasteiger partial charge in [0.2, 0.25) is 0 Å². The van der Waals surface area contributed by atoms with Crippen molar-refractivity contribution in [2.24, 2.45) is 0 Å². The number of nitrogens with zero attached hydrogens (tertiary/aromatic N) is 1. The van der Waals surface area contributed by atoms with Gasteiger partial charge in [0, 0.05) is 24.7 Å². The van der Waals surface area contributed by atoms with Crippen LogP contribution >= 0.6 is 0 Å². The van der Waals surface area contributed by atoms with Gasteiger partial charge in [0.25, 0.3) is 0 Å². The molecule has 0 aromatic heterocycles. The summed E-state index contributed by atoms with van der Waals surface area (Å²) in [6.45, 7) is 2.47. The molecule has 0 radical (unpaired) electrons. The summed E-state index contributed by atoms with van der Waals surface area (Å²) in [5, 5.41) is 11.4. The third-order valence-electron chi connectivity index (χ3n) is 4.34. The molecule has 1 aliphatic rings. The molecule has 1 N–H and O–H groups in total. The molecule has 2 aromatic rings. The number of rotatable bonds is 5. The molecule has 23 heavy (non-hydrogen) atoms. The molecule has 1 atom stereocenters. The van der Waals surface area contributed by atoms with Crippen LogP contribution in [0, 0.1) is 0 Å². The van der Waals surface area contributed by atoms with Crippen LogP contribution in [-0.2, 0) is 16.1 Å². The lowest BCUT2D eigenvalue weighted by atomic mass is 10.0. The fourth-order valence-electron chi connectivity index (χ4n) is 3.16. The lowest BCUT2D eigenvalue weighted by Crippen LogP contribution is -2.45. The van der Waals surface area contributed by atoms with Crippen LogP contribution in [0.25, 0.3) is 10.8 Å². The van der Waals surface area contributed by atoms with Crippen LogP contribution in [0.2, 0.25) is 0 Å². The van der Waals surface area contributed by atoms with E-state index in [0.29, 0.717) is 19.8 Å². The minimum atomic E-state index is -0.796. The first kappa shape index (κ1) is 15.8. The van der Waals surface area contributed by atoms with Crippen molar-refractivity contribution in [3.8, 4) is 5.75 Å². The van der Waals surface area contributed by atoms with Gasteiger partial charge >= 0.3 is 5.97 Å². The molecular weight excluding hydrogens is 294 g/mol. The number of carboxylic acid groups (broad SMARTS) is 1. The summed E-state index contributed by atoms with van der Waals surface area (Å²) in [4.78, 5) is 13.3. The van der Waals surface area contributed by atoms with Crippen molar-refractivity contribution in [3.05, 3.63) is 42.0 Å². The molecule has 0 bridgehead atoms. The summed E-state index contributed by atoms with van der Waals surface area (Å²) in [6.07, 6.45) is 0.0904. The number of carbonyl (C=O) groups is 1. The largest absolute Gasteiger partial charge is 0.496 e. The molecule has 5 nitrogen and oxygen atoms in total. The second kappa shape index (κ2) is 6.98. The maximum atomic E-state index is 11.1. The first-order valence-corrected chi connectivity index (χ1v) is 7.77. The molecule has 0 spiro atoms. The normalized spacial score (nSPS) is 18.9. The lowest BCUT2D eigenvalue weighted by molar-refractivity contribution is -0.140. The van der Waals surface area contributed by atoms with Gasteiger partial charge < -0.3 is 14.6 Å². The number of morpholine rings is 1. The summed E-state index contributed by atoms with van der Waals surface area (Å²) in [5.74, 6) is 0.0413. The number of benzene rings is 2. The van der Waals surface area contributed by atoms with Crippen LogP contribution in [-0.4, -0.2) is 48.9 Å². The number of hydrogen-bond acceptors (Lipinski definition) is 4. The van der Waals surface area contributed by atoms with E-state index < -0.39 is 5.97 Å². The van der Waals surface area contributed by atoms with Gasteiger partial charge in [-0.1, -0.05) is 30.3 Å². The van der Waals surface area contributed by atoms with Gasteiger partial charge in [-0.3, -0.25) is 9.69 Å². The average molecular weight is 315 g/mol. The quantitative estimate of drug-likeness (QED) is 0.919. The van der Waals surface area contributed by atoms with Crippen molar-refractivity contribution in [1.29, 1.82) is 0 Å². The smallest absolute Gasteiger partial charge is 0.305 e. The Kier molecular flexibility index (Phi) is 4.79. The molecule has 0 unspecified atom stereocenters. The molecule has 5 heteroatoms. The van der Waals surface area contributed by atoms with Crippen LogP contribution in [0.4, 0.5) is 0 Å². The molecule has 1 heterocycles. The highest BCUT2D eigenvalue weighted by molar-refractivity contribution is 5.87. The van der Waals surface area contributed by atoms with E-state index in [2.05, 4.69) is 17.0 Å². The number of aliphatic carboxylic acids is 1. The molecule has 1 fully saturated rings. The molecular formula is C18H21NO4. The van der Waals surface area contributed by atoms with Gasteiger partial charge in [-0.25, -0.2) is 0 Å². The molecule has 0 amide bonds. The highest BCUT2D eigenvalue weighted by atomic mass is 16.5. The SMILES string of the molecule is COc1ccc2ccccc2c1CN1CCOC[C@H]1CC(=O)O. The summed E-state index contributed by atoms with van der Waals surface area (Å²) >= 11 is 0. The number of methoxy groups -OCH3 is 1. The summed E-state index contributed by atoms with van der Waals surface area (Å²) in [6, 6.07) is 12.1. The number of ether oxygens (including phenoxy) is 2. The molecule has 3 rings (SSSR count). The van der Waals surface area contributed by atoms with E-state index >= 15 is 0 Å². The second-order valence-corrected chi connectivity index (χ2v) is 5.76. The Hall–Kier alpha value is -2.11. The summed E-state index contributed by atoms with van der Waals surface area (Å²) in [7, 11) is 1.67. The second-order valence-electron chi connectivity index (χ2n) is 5.76. The number of fused-ring (bicyclic) bond motifs is 1. The van der Waals surface area contributed by atoms with E-state index in [1.807, 2.05) is 24.3 Å². The zero-order valence-electron chi connectivity index (χ0n) is 13.2. The van der Waals surface area contributed by atoms with E-state index in [0.717, 1.165) is 28.6 Å². The number of hydrogen-bond donors (Lipinski definition) is 1. The Morgan fingerprint density at radius 3 is 2.96 bits per heavy atom. The Bertz CT molecular complexity index is 700. The van der Waals surface area contributed by atoms with E-state index in [9.17, 15) is 4.79 Å². The monoisotopic (exact) mass is 315 g/mol. The topological polar surface area (TPSA) is 59.0 Å². The molecule has 0 aliphatic carbocycles. The van der Waals surface area contributed by atoms with Crippen molar-refractivity contribution in [2.75, 3.05) is 26.9 Å². The predicted octanol–water partition coefficient (Wildman–Crippen LogP) is 2.52. The van der Waals surface area contributed by atoms with Gasteiger partial charge in [-0.05, 0) is 16.8 Å². The van der Waals surface area contributed by atoms with Crippen molar-refractivity contribution in [1.82, 2.24) is 4.90 Å². The van der Waals surface area contributed by atoms with Crippen LogP contribution in [0.5, 0.6) is 5.75 Å². The summed E-state index contributed by atoms with van der Waals surface area (Å²) < 4.78 is 11.0. The fraction of sp³-hybridized carbons (Fsp3) is 0.389. The number of carboxylic acids is 1. The van der Waals surface area contributed by atoms with E-state index in [1.54, 1.807) is 7.11 Å². The Morgan fingerprint density at radius 2 is 2.17 bits per heavy atom. The highest BCUT2D eigenvalue weighted by Crippen LogP contribution is 2.30. The third-order valence-corrected chi connectivity index (χ3v) is 4.34. The Balaban J connectivity index is 1.94. The molecule has 1 aliphatic heterocycles. The molecule has 0 saturated carbocycles. The minimum Gasteiger partial charge on any atom is -0.496 e. The van der Waals surface area contributed by atoms with Crippen LogP contribution in [0.1, 0.15) is 12.0 Å². The van der Waals surface area contributed by atoms with Crippen LogP contribution in [0.3, 0.4) is 0 Å². The predicted molar refractivity (Wildman–Crippen MR) is 87.8 cm³/mol. The third kappa shape index (κ3) is 3.46. The fourth-order valence-corrected chi connectivity index (χ4v) is 3.16. The van der Waals surface area contributed by atoms with Crippen LogP contribution in [0.15, 0.2) is 36.4 Å². The zero-order valence-corrected chi connectivity index (χ0v) is 13.2. The van der Waals surface area contributed by atoms with Gasteiger partial charge in [0.05, 0.1) is 26.7 Å². The van der Waals surface area contributed by atoms with Gasteiger partial charge in [-0.2, -0.15) is 0 Å². The molecule has 122 valence electrons. The maximum absolute atomic E-state index is 11.1. The van der Waals surface area contributed by atoms with Gasteiger partial charge in [0.1, 0.15) is 5.75 Å². The Morgan fingerprint density at radius 1 is 1.35 bits per heavy atom. The maximum Gasteiger partial charge on any atom is 0.305 e. The first-order valence-electron chi connectivity index (χ1n) is 7.77. The molecule has 2 aromatic carbocycles. The van der Waals surface area contributed by atoms with E-state index in [-0.39, 0.29) is 12.5 Å². The van der Waals surface area contributed by atoms with E-state index in [4.69, 9.17) is 14.6 Å². The van der Waals surface area contributed by atoms with Gasteiger partial charge in [-0.15, -0.1) is 0 Å². The Labute approximate surface area is 135 Å². The zero-order chi connectivity index (χ0) is 16.2. The minimum absolute atomic E-state index is 0.0904. The standard InChI is InChI=1S/C18H21NO4/c1-22-17-7-6-13-4-2-3-5-15(13)16(17)11-19-8-9-23-12-14(19)10-18(20)21/h2-7,14H,8-12H2,1H3,(H,20,21)/t14-/m1/s1. The average Bonchev–Trinajstić information content (AvgIpc) is 2.56. The molecule has 1 saturated heterocycles.